The molecule has 1 amide bonds. The van der Waals surface area contributed by atoms with Crippen LogP contribution in [0.5, 0.6) is 5.75 Å². The molecular formula is C25H27N3O2. The molecule has 2 aromatic carbocycles. The highest BCUT2D eigenvalue weighted by atomic mass is 16.5. The van der Waals surface area contributed by atoms with Gasteiger partial charge < -0.3 is 9.64 Å². The number of aromatic nitrogens is 2. The van der Waals surface area contributed by atoms with E-state index in [0.717, 1.165) is 55.6 Å². The molecule has 1 fully saturated rings. The molecule has 0 bridgehead atoms. The number of carbonyl (C=O) groups excluding carboxylic acids is 1. The van der Waals surface area contributed by atoms with E-state index in [2.05, 4.69) is 22.1 Å². The lowest BCUT2D eigenvalue weighted by molar-refractivity contribution is -0.127. The molecule has 0 spiro atoms. The summed E-state index contributed by atoms with van der Waals surface area (Å²) in [4.78, 5) is 23.4. The lowest BCUT2D eigenvalue weighted by Crippen LogP contribution is -2.37. The normalized spacial score (nSPS) is 15.0. The Morgan fingerprint density at radius 3 is 2.57 bits per heavy atom. The quantitative estimate of drug-likeness (QED) is 0.570. The number of fused-ring (bicyclic) bond motifs is 1. The number of nitrogens with zero attached hydrogens (tertiary/aromatic N) is 3. The van der Waals surface area contributed by atoms with E-state index in [1.807, 2.05) is 41.3 Å². The lowest BCUT2D eigenvalue weighted by Gasteiger charge is -2.31. The molecule has 5 nitrogen and oxygen atoms in total. The van der Waals surface area contributed by atoms with Gasteiger partial charge in [-0.05, 0) is 67.5 Å². The average molecular weight is 402 g/mol. The first-order valence-corrected chi connectivity index (χ1v) is 10.5. The summed E-state index contributed by atoms with van der Waals surface area (Å²) in [6.45, 7) is 1.64. The van der Waals surface area contributed by atoms with E-state index >= 15 is 0 Å². The second-order valence-electron chi connectivity index (χ2n) is 7.77. The van der Waals surface area contributed by atoms with Crippen LogP contribution in [0.25, 0.3) is 17.1 Å². The first kappa shape index (κ1) is 20.1. The van der Waals surface area contributed by atoms with Crippen LogP contribution in [0.1, 0.15) is 30.5 Å². The number of hydrogen-bond acceptors (Lipinski definition) is 4. The Kier molecular flexibility index (Phi) is 6.38. The molecule has 0 radical (unpaired) electrons. The highest BCUT2D eigenvalue weighted by Crippen LogP contribution is 2.23. The Balaban J connectivity index is 1.25. The van der Waals surface area contributed by atoms with Crippen LogP contribution in [0.3, 0.4) is 0 Å². The third-order valence-electron chi connectivity index (χ3n) is 5.79. The average Bonchev–Trinajstić information content (AvgIpc) is 2.81. The predicted molar refractivity (Wildman–Crippen MR) is 119 cm³/mol. The zero-order chi connectivity index (χ0) is 20.8. The number of rotatable bonds is 6. The molecule has 1 aliphatic heterocycles. The minimum absolute atomic E-state index is 0.0542. The van der Waals surface area contributed by atoms with Crippen LogP contribution in [0.4, 0.5) is 0 Å². The SMILES string of the molecule is COc1ccc(CCC2CCN(C(=O)/C=C/c3cnc4ccccc4n3)CC2)cc1. The van der Waals surface area contributed by atoms with Gasteiger partial charge in [-0.15, -0.1) is 0 Å². The minimum atomic E-state index is 0.0542. The number of likely N-dealkylation sites (tertiary alicyclic amines) is 1. The van der Waals surface area contributed by atoms with Crippen LogP contribution in [0.15, 0.2) is 60.8 Å². The van der Waals surface area contributed by atoms with Crippen molar-refractivity contribution in [3.8, 4) is 5.75 Å². The Bertz CT molecular complexity index is 1020. The van der Waals surface area contributed by atoms with E-state index in [1.165, 1.54) is 5.56 Å². The maximum absolute atomic E-state index is 12.6. The van der Waals surface area contributed by atoms with Crippen molar-refractivity contribution < 1.29 is 9.53 Å². The van der Waals surface area contributed by atoms with Gasteiger partial charge in [0.05, 0.1) is 30.0 Å². The van der Waals surface area contributed by atoms with Crippen molar-refractivity contribution in [1.29, 1.82) is 0 Å². The Labute approximate surface area is 177 Å². The molecule has 1 aliphatic rings. The third-order valence-corrected chi connectivity index (χ3v) is 5.79. The van der Waals surface area contributed by atoms with Crippen LogP contribution in [-0.2, 0) is 11.2 Å². The Morgan fingerprint density at radius 1 is 1.10 bits per heavy atom. The van der Waals surface area contributed by atoms with Gasteiger partial charge >= 0.3 is 0 Å². The monoisotopic (exact) mass is 401 g/mol. The van der Waals surface area contributed by atoms with E-state index in [9.17, 15) is 4.79 Å². The zero-order valence-electron chi connectivity index (χ0n) is 17.3. The van der Waals surface area contributed by atoms with Crippen molar-refractivity contribution >= 4 is 23.0 Å². The summed E-state index contributed by atoms with van der Waals surface area (Å²) in [6, 6.07) is 16.0. The second-order valence-corrected chi connectivity index (χ2v) is 7.77. The molecule has 0 atom stereocenters. The van der Waals surface area contributed by atoms with Gasteiger partial charge in [0.25, 0.3) is 0 Å². The minimum Gasteiger partial charge on any atom is -0.497 e. The molecule has 2 heterocycles. The molecule has 0 aliphatic carbocycles. The summed E-state index contributed by atoms with van der Waals surface area (Å²) in [5.74, 6) is 1.62. The van der Waals surface area contributed by atoms with E-state index in [1.54, 1.807) is 25.5 Å². The highest BCUT2D eigenvalue weighted by Gasteiger charge is 2.21. The van der Waals surface area contributed by atoms with Gasteiger partial charge in [0, 0.05) is 19.2 Å². The molecule has 3 aromatic rings. The third kappa shape index (κ3) is 5.03. The smallest absolute Gasteiger partial charge is 0.246 e. The fraction of sp³-hybridized carbons (Fsp3) is 0.320. The van der Waals surface area contributed by atoms with Crippen molar-refractivity contribution in [2.24, 2.45) is 5.92 Å². The lowest BCUT2D eigenvalue weighted by atomic mass is 9.90. The van der Waals surface area contributed by atoms with Gasteiger partial charge in [-0.25, -0.2) is 4.98 Å². The van der Waals surface area contributed by atoms with E-state index in [-0.39, 0.29) is 5.91 Å². The van der Waals surface area contributed by atoms with Gasteiger partial charge in [-0.1, -0.05) is 24.3 Å². The molecule has 0 unspecified atom stereocenters. The Hall–Kier alpha value is -3.21. The molecule has 4 rings (SSSR count). The summed E-state index contributed by atoms with van der Waals surface area (Å²) in [7, 11) is 1.69. The maximum Gasteiger partial charge on any atom is 0.246 e. The molecule has 0 N–H and O–H groups in total. The number of amides is 1. The topological polar surface area (TPSA) is 55.3 Å². The van der Waals surface area contributed by atoms with E-state index in [4.69, 9.17) is 4.74 Å². The van der Waals surface area contributed by atoms with Crippen LogP contribution in [0.2, 0.25) is 0 Å². The summed E-state index contributed by atoms with van der Waals surface area (Å²) in [6.07, 6.45) is 9.45. The highest BCUT2D eigenvalue weighted by molar-refractivity contribution is 5.91. The number of hydrogen-bond donors (Lipinski definition) is 0. The standard InChI is InChI=1S/C25H27N3O2/c1-30-22-11-8-19(9-12-22)6-7-20-14-16-28(17-15-20)25(29)13-10-21-18-26-23-4-2-3-5-24(23)27-21/h2-5,8-13,18,20H,6-7,14-17H2,1H3/b13-10+. The van der Waals surface area contributed by atoms with Crippen molar-refractivity contribution in [3.05, 3.63) is 72.1 Å². The van der Waals surface area contributed by atoms with Crippen LogP contribution in [0, 0.1) is 5.92 Å². The summed E-state index contributed by atoms with van der Waals surface area (Å²) in [5, 5.41) is 0. The second kappa shape index (κ2) is 9.53. The van der Waals surface area contributed by atoms with Crippen LogP contribution >= 0.6 is 0 Å². The molecular weight excluding hydrogens is 374 g/mol. The molecule has 5 heteroatoms. The van der Waals surface area contributed by atoms with Crippen molar-refractivity contribution in [1.82, 2.24) is 14.9 Å². The van der Waals surface area contributed by atoms with Gasteiger partial charge in [0.2, 0.25) is 5.91 Å². The van der Waals surface area contributed by atoms with Gasteiger partial charge in [-0.3, -0.25) is 9.78 Å². The van der Waals surface area contributed by atoms with Crippen molar-refractivity contribution in [3.63, 3.8) is 0 Å². The molecule has 1 aromatic heterocycles. The molecule has 0 saturated carbocycles. The number of piperidine rings is 1. The number of ether oxygens (including phenoxy) is 1. The van der Waals surface area contributed by atoms with E-state index < -0.39 is 0 Å². The van der Waals surface area contributed by atoms with Crippen molar-refractivity contribution in [2.45, 2.75) is 25.7 Å². The van der Waals surface area contributed by atoms with E-state index in [0.29, 0.717) is 11.6 Å². The first-order chi connectivity index (χ1) is 14.7. The summed E-state index contributed by atoms with van der Waals surface area (Å²) in [5.41, 5.74) is 3.74. The number of carbonyl (C=O) groups is 1. The molecule has 1 saturated heterocycles. The van der Waals surface area contributed by atoms with Crippen molar-refractivity contribution in [2.75, 3.05) is 20.2 Å². The summed E-state index contributed by atoms with van der Waals surface area (Å²) < 4.78 is 5.21. The largest absolute Gasteiger partial charge is 0.497 e. The fourth-order valence-corrected chi connectivity index (χ4v) is 3.92. The van der Waals surface area contributed by atoms with Gasteiger partial charge in [0.1, 0.15) is 5.75 Å². The van der Waals surface area contributed by atoms with Crippen LogP contribution < -0.4 is 4.74 Å². The zero-order valence-corrected chi connectivity index (χ0v) is 17.3. The number of aryl methyl sites for hydroxylation is 1. The number of methoxy groups -OCH3 is 1. The van der Waals surface area contributed by atoms with Crippen LogP contribution in [-0.4, -0.2) is 41.0 Å². The first-order valence-electron chi connectivity index (χ1n) is 10.5. The predicted octanol–water partition coefficient (Wildman–Crippen LogP) is 4.52. The van der Waals surface area contributed by atoms with Gasteiger partial charge in [-0.2, -0.15) is 0 Å². The van der Waals surface area contributed by atoms with Gasteiger partial charge in [0.15, 0.2) is 0 Å². The Morgan fingerprint density at radius 2 is 1.83 bits per heavy atom. The maximum atomic E-state index is 12.6. The number of para-hydroxylation sites is 2. The molecule has 30 heavy (non-hydrogen) atoms. The summed E-state index contributed by atoms with van der Waals surface area (Å²) >= 11 is 0. The molecule has 154 valence electrons. The number of benzene rings is 2. The fourth-order valence-electron chi connectivity index (χ4n) is 3.92.